The van der Waals surface area contributed by atoms with Gasteiger partial charge in [-0.05, 0) is 49.2 Å². The van der Waals surface area contributed by atoms with E-state index in [1.807, 2.05) is 32.0 Å². The van der Waals surface area contributed by atoms with Crippen LogP contribution in [0.15, 0.2) is 36.4 Å². The van der Waals surface area contributed by atoms with Crippen LogP contribution in [-0.4, -0.2) is 31.6 Å². The second-order valence-electron chi connectivity index (χ2n) is 7.10. The molecule has 0 spiro atoms. The number of ether oxygens (including phenoxy) is 2. The third-order valence-electron chi connectivity index (χ3n) is 4.82. The number of carbonyl (C=O) groups is 2. The van der Waals surface area contributed by atoms with Gasteiger partial charge in [0.05, 0.1) is 5.92 Å². The van der Waals surface area contributed by atoms with Gasteiger partial charge in [-0.3, -0.25) is 9.59 Å². The van der Waals surface area contributed by atoms with E-state index in [9.17, 15) is 9.59 Å². The van der Waals surface area contributed by atoms with Crippen LogP contribution in [0.25, 0.3) is 0 Å². The van der Waals surface area contributed by atoms with Crippen molar-refractivity contribution < 1.29 is 19.1 Å². The fourth-order valence-corrected chi connectivity index (χ4v) is 3.62. The largest absolute Gasteiger partial charge is 0.486 e. The summed E-state index contributed by atoms with van der Waals surface area (Å²) in [6.07, 6.45) is 0.199. The van der Waals surface area contributed by atoms with Gasteiger partial charge in [0.25, 0.3) is 0 Å². The summed E-state index contributed by atoms with van der Waals surface area (Å²) in [5.41, 5.74) is 3.67. The Labute approximate surface area is 158 Å². The van der Waals surface area contributed by atoms with E-state index in [1.165, 1.54) is 0 Å². The summed E-state index contributed by atoms with van der Waals surface area (Å²) < 4.78 is 11.1. The molecule has 2 aromatic carbocycles. The Morgan fingerprint density at radius 3 is 2.48 bits per heavy atom. The number of carbonyl (C=O) groups excluding carboxylic acids is 2. The van der Waals surface area contributed by atoms with Gasteiger partial charge in [0.1, 0.15) is 13.2 Å². The highest BCUT2D eigenvalue weighted by atomic mass is 16.6. The summed E-state index contributed by atoms with van der Waals surface area (Å²) in [6.45, 7) is 5.35. The Morgan fingerprint density at radius 1 is 1.04 bits per heavy atom. The first-order chi connectivity index (χ1) is 13.0. The second-order valence-corrected chi connectivity index (χ2v) is 7.10. The molecule has 6 heteroatoms. The van der Waals surface area contributed by atoms with Gasteiger partial charge in [-0.1, -0.05) is 6.07 Å². The van der Waals surface area contributed by atoms with Gasteiger partial charge in [0.2, 0.25) is 11.8 Å². The third-order valence-corrected chi connectivity index (χ3v) is 4.82. The maximum atomic E-state index is 12.7. The number of anilines is 2. The van der Waals surface area contributed by atoms with Crippen molar-refractivity contribution in [3.63, 3.8) is 0 Å². The van der Waals surface area contributed by atoms with E-state index in [1.54, 1.807) is 17.0 Å². The van der Waals surface area contributed by atoms with Crippen molar-refractivity contribution in [2.75, 3.05) is 30.0 Å². The van der Waals surface area contributed by atoms with E-state index in [0.29, 0.717) is 31.3 Å². The first-order valence-corrected chi connectivity index (χ1v) is 9.09. The average Bonchev–Trinajstić information content (AvgIpc) is 3.02. The first-order valence-electron chi connectivity index (χ1n) is 9.09. The lowest BCUT2D eigenvalue weighted by Crippen LogP contribution is -2.28. The van der Waals surface area contributed by atoms with Crippen molar-refractivity contribution in [3.05, 3.63) is 47.5 Å². The van der Waals surface area contributed by atoms with Crippen LogP contribution in [0.4, 0.5) is 11.4 Å². The molecule has 1 saturated heterocycles. The van der Waals surface area contributed by atoms with Gasteiger partial charge >= 0.3 is 0 Å². The lowest BCUT2D eigenvalue weighted by Gasteiger charge is -2.22. The minimum atomic E-state index is -0.383. The predicted molar refractivity (Wildman–Crippen MR) is 102 cm³/mol. The molecule has 2 aliphatic heterocycles. The molecule has 140 valence electrons. The van der Waals surface area contributed by atoms with Crippen molar-refractivity contribution in [3.8, 4) is 11.5 Å². The molecule has 0 radical (unpaired) electrons. The normalized spacial score (nSPS) is 18.5. The number of hydrogen-bond acceptors (Lipinski definition) is 4. The van der Waals surface area contributed by atoms with Crippen molar-refractivity contribution in [2.45, 2.75) is 20.3 Å². The molecule has 4 rings (SSSR count). The summed E-state index contributed by atoms with van der Waals surface area (Å²) in [5, 5.41) is 2.95. The molecule has 1 atom stereocenters. The second kappa shape index (κ2) is 6.95. The SMILES string of the molecule is Cc1cc(C)cc(NC(=O)[C@H]2CC(=O)N(c3ccc4c(c3)OCCO4)C2)c1. The van der Waals surface area contributed by atoms with Crippen LogP contribution in [0.5, 0.6) is 11.5 Å². The van der Waals surface area contributed by atoms with E-state index in [-0.39, 0.29) is 24.2 Å². The number of benzene rings is 2. The molecule has 1 N–H and O–H groups in total. The summed E-state index contributed by atoms with van der Waals surface area (Å²) in [4.78, 5) is 26.8. The maximum Gasteiger partial charge on any atom is 0.229 e. The maximum absolute atomic E-state index is 12.7. The van der Waals surface area contributed by atoms with Crippen molar-refractivity contribution in [1.82, 2.24) is 0 Å². The third kappa shape index (κ3) is 3.60. The van der Waals surface area contributed by atoms with Crippen LogP contribution in [0.1, 0.15) is 17.5 Å². The monoisotopic (exact) mass is 366 g/mol. The Hall–Kier alpha value is -3.02. The number of nitrogens with one attached hydrogen (secondary N) is 1. The molecule has 2 aliphatic rings. The quantitative estimate of drug-likeness (QED) is 0.907. The molecule has 0 unspecified atom stereocenters. The first kappa shape index (κ1) is 17.4. The van der Waals surface area contributed by atoms with Gasteiger partial charge in [0, 0.05) is 30.4 Å². The van der Waals surface area contributed by atoms with E-state index < -0.39 is 0 Å². The molecular weight excluding hydrogens is 344 g/mol. The van der Waals surface area contributed by atoms with Gasteiger partial charge in [-0.2, -0.15) is 0 Å². The van der Waals surface area contributed by atoms with Crippen molar-refractivity contribution in [1.29, 1.82) is 0 Å². The smallest absolute Gasteiger partial charge is 0.229 e. The summed E-state index contributed by atoms with van der Waals surface area (Å²) in [6, 6.07) is 11.4. The Kier molecular flexibility index (Phi) is 4.48. The molecule has 2 amide bonds. The zero-order chi connectivity index (χ0) is 19.0. The molecule has 2 aromatic rings. The Bertz CT molecular complexity index is 889. The standard InChI is InChI=1S/C21H22N2O4/c1-13-7-14(2)9-16(8-13)22-21(25)15-10-20(24)23(12-15)17-3-4-18-19(11-17)27-6-5-26-18/h3-4,7-9,11,15H,5-6,10,12H2,1-2H3,(H,22,25)/t15-/m0/s1. The summed E-state index contributed by atoms with van der Waals surface area (Å²) in [7, 11) is 0. The lowest BCUT2D eigenvalue weighted by molar-refractivity contribution is -0.122. The minimum absolute atomic E-state index is 0.0627. The zero-order valence-electron chi connectivity index (χ0n) is 15.5. The number of aryl methyl sites for hydroxylation is 2. The van der Waals surface area contributed by atoms with Crippen LogP contribution in [0, 0.1) is 19.8 Å². The highest BCUT2D eigenvalue weighted by molar-refractivity contribution is 6.03. The molecule has 0 aliphatic carbocycles. The van der Waals surface area contributed by atoms with Crippen LogP contribution >= 0.6 is 0 Å². The predicted octanol–water partition coefficient (Wildman–Crippen LogP) is 3.07. The van der Waals surface area contributed by atoms with Crippen molar-refractivity contribution >= 4 is 23.2 Å². The Balaban J connectivity index is 1.48. The molecular formula is C21H22N2O4. The van der Waals surface area contributed by atoms with Gasteiger partial charge < -0.3 is 19.7 Å². The molecule has 6 nitrogen and oxygen atoms in total. The molecule has 1 fully saturated rings. The zero-order valence-corrected chi connectivity index (χ0v) is 15.5. The topological polar surface area (TPSA) is 67.9 Å². The van der Waals surface area contributed by atoms with Gasteiger partial charge in [-0.15, -0.1) is 0 Å². The highest BCUT2D eigenvalue weighted by Gasteiger charge is 2.35. The lowest BCUT2D eigenvalue weighted by atomic mass is 10.1. The fraction of sp³-hybridized carbons (Fsp3) is 0.333. The molecule has 0 saturated carbocycles. The van der Waals surface area contributed by atoms with Crippen LogP contribution in [0.2, 0.25) is 0 Å². The van der Waals surface area contributed by atoms with E-state index in [2.05, 4.69) is 11.4 Å². The number of rotatable bonds is 3. The van der Waals surface area contributed by atoms with E-state index in [0.717, 1.165) is 22.5 Å². The molecule has 0 aromatic heterocycles. The number of nitrogens with zero attached hydrogens (tertiary/aromatic N) is 1. The number of hydrogen-bond donors (Lipinski definition) is 1. The average molecular weight is 366 g/mol. The number of fused-ring (bicyclic) bond motifs is 1. The molecule has 2 heterocycles. The van der Waals surface area contributed by atoms with Crippen LogP contribution < -0.4 is 19.7 Å². The van der Waals surface area contributed by atoms with Gasteiger partial charge in [0.15, 0.2) is 11.5 Å². The van der Waals surface area contributed by atoms with E-state index >= 15 is 0 Å². The Morgan fingerprint density at radius 2 is 1.74 bits per heavy atom. The highest BCUT2D eigenvalue weighted by Crippen LogP contribution is 2.36. The van der Waals surface area contributed by atoms with Gasteiger partial charge in [-0.25, -0.2) is 0 Å². The summed E-state index contributed by atoms with van der Waals surface area (Å²) >= 11 is 0. The summed E-state index contributed by atoms with van der Waals surface area (Å²) in [5.74, 6) is 0.739. The number of amides is 2. The van der Waals surface area contributed by atoms with Crippen LogP contribution in [0.3, 0.4) is 0 Å². The molecule has 27 heavy (non-hydrogen) atoms. The van der Waals surface area contributed by atoms with E-state index in [4.69, 9.17) is 9.47 Å². The molecule has 0 bridgehead atoms. The minimum Gasteiger partial charge on any atom is -0.486 e. The van der Waals surface area contributed by atoms with Crippen LogP contribution in [-0.2, 0) is 9.59 Å². The fourth-order valence-electron chi connectivity index (χ4n) is 3.62. The van der Waals surface area contributed by atoms with Crippen molar-refractivity contribution in [2.24, 2.45) is 5.92 Å².